The molecule has 34 heavy (non-hydrogen) atoms. The molecule has 2 N–H and O–H groups in total. The molecular weight excluding hydrogens is 456 g/mol. The standard InChI is InChI=1S/C25H23ClN4O4/c1-33-20-11-6-14(12-21(20)34-2)23-22-18(4-3-5-19(22)31)29-24-17(13-27-30(23)24)25(32)28-16-9-7-15(26)8-10-16/h6-13,23,29H,3-5H2,1-2H3,(H,28,32)/t23-/m1/s1. The molecule has 174 valence electrons. The van der Waals surface area contributed by atoms with Crippen LogP contribution in [0.25, 0.3) is 0 Å². The lowest BCUT2D eigenvalue weighted by atomic mass is 9.85. The van der Waals surface area contributed by atoms with E-state index in [9.17, 15) is 9.59 Å². The Morgan fingerprint density at radius 3 is 2.62 bits per heavy atom. The van der Waals surface area contributed by atoms with Crippen LogP contribution < -0.4 is 20.1 Å². The first-order valence-corrected chi connectivity index (χ1v) is 11.3. The minimum absolute atomic E-state index is 0.0712. The van der Waals surface area contributed by atoms with E-state index < -0.39 is 6.04 Å². The molecule has 3 aromatic rings. The number of halogens is 1. The minimum Gasteiger partial charge on any atom is -0.493 e. The lowest BCUT2D eigenvalue weighted by molar-refractivity contribution is -0.116. The zero-order chi connectivity index (χ0) is 23.8. The van der Waals surface area contributed by atoms with E-state index in [1.807, 2.05) is 12.1 Å². The zero-order valence-electron chi connectivity index (χ0n) is 18.7. The Bertz CT molecular complexity index is 1310. The molecule has 2 aromatic carbocycles. The number of methoxy groups -OCH3 is 2. The van der Waals surface area contributed by atoms with Gasteiger partial charge in [0.15, 0.2) is 17.3 Å². The van der Waals surface area contributed by atoms with Gasteiger partial charge in [-0.05, 0) is 54.8 Å². The van der Waals surface area contributed by atoms with E-state index in [4.69, 9.17) is 21.1 Å². The molecule has 2 heterocycles. The number of amides is 1. The number of hydrogen-bond donors (Lipinski definition) is 2. The van der Waals surface area contributed by atoms with Crippen molar-refractivity contribution in [3.05, 3.63) is 76.1 Å². The largest absolute Gasteiger partial charge is 0.493 e. The third-order valence-corrected chi connectivity index (χ3v) is 6.36. The lowest BCUT2D eigenvalue weighted by Gasteiger charge is -2.33. The number of carbonyl (C=O) groups excluding carboxylic acids is 2. The van der Waals surface area contributed by atoms with E-state index in [0.717, 1.165) is 17.7 Å². The summed E-state index contributed by atoms with van der Waals surface area (Å²) < 4.78 is 12.6. The van der Waals surface area contributed by atoms with E-state index in [0.29, 0.717) is 52.0 Å². The second kappa shape index (κ2) is 8.87. The van der Waals surface area contributed by atoms with Crippen LogP contribution in [0.1, 0.15) is 41.2 Å². The van der Waals surface area contributed by atoms with Crippen molar-refractivity contribution in [1.82, 2.24) is 9.78 Å². The fourth-order valence-electron chi connectivity index (χ4n) is 4.49. The number of rotatable bonds is 5. The first-order chi connectivity index (χ1) is 16.5. The van der Waals surface area contributed by atoms with E-state index in [1.165, 1.54) is 6.20 Å². The van der Waals surface area contributed by atoms with Crippen LogP contribution in [0.3, 0.4) is 0 Å². The van der Waals surface area contributed by atoms with Crippen molar-refractivity contribution in [2.45, 2.75) is 25.3 Å². The summed E-state index contributed by atoms with van der Waals surface area (Å²) >= 11 is 5.95. The Labute approximate surface area is 201 Å². The molecule has 0 unspecified atom stereocenters. The minimum atomic E-state index is -0.490. The Balaban J connectivity index is 1.58. The highest BCUT2D eigenvalue weighted by atomic mass is 35.5. The Morgan fingerprint density at radius 2 is 1.88 bits per heavy atom. The summed E-state index contributed by atoms with van der Waals surface area (Å²) in [5.41, 5.74) is 3.30. The van der Waals surface area contributed by atoms with Gasteiger partial charge in [-0.15, -0.1) is 0 Å². The molecule has 1 amide bonds. The van der Waals surface area contributed by atoms with Crippen molar-refractivity contribution in [1.29, 1.82) is 0 Å². The Kier molecular flexibility index (Phi) is 5.75. The summed E-state index contributed by atoms with van der Waals surface area (Å²) in [7, 11) is 3.14. The quantitative estimate of drug-likeness (QED) is 0.545. The van der Waals surface area contributed by atoms with Crippen LogP contribution in [0.15, 0.2) is 59.9 Å². The summed E-state index contributed by atoms with van der Waals surface area (Å²) in [4.78, 5) is 26.2. The number of carbonyl (C=O) groups is 2. The molecule has 1 atom stereocenters. The highest BCUT2D eigenvalue weighted by molar-refractivity contribution is 6.30. The normalized spacial score (nSPS) is 16.9. The summed E-state index contributed by atoms with van der Waals surface area (Å²) in [6.45, 7) is 0. The fourth-order valence-corrected chi connectivity index (χ4v) is 4.61. The molecule has 0 bridgehead atoms. The SMILES string of the molecule is COc1ccc([C@@H]2C3=C(CCCC3=O)Nc3c(C(=O)Nc4ccc(Cl)cc4)cnn32)cc1OC. The number of ether oxygens (including phenoxy) is 2. The van der Waals surface area contributed by atoms with Gasteiger partial charge in [-0.2, -0.15) is 5.10 Å². The maximum absolute atomic E-state index is 13.1. The average Bonchev–Trinajstić information content (AvgIpc) is 3.27. The molecule has 2 aliphatic rings. The topological polar surface area (TPSA) is 94.5 Å². The van der Waals surface area contributed by atoms with Gasteiger partial charge in [0.05, 0.1) is 20.4 Å². The number of fused-ring (bicyclic) bond motifs is 1. The highest BCUT2D eigenvalue weighted by Gasteiger charge is 2.38. The van der Waals surface area contributed by atoms with Gasteiger partial charge in [-0.3, -0.25) is 9.59 Å². The number of Topliss-reactive ketones (excluding diaryl/α,β-unsaturated/α-hetero) is 1. The molecule has 1 aliphatic carbocycles. The first-order valence-electron chi connectivity index (χ1n) is 10.9. The molecule has 0 saturated heterocycles. The lowest BCUT2D eigenvalue weighted by Crippen LogP contribution is -2.32. The van der Waals surface area contributed by atoms with Crippen LogP contribution in [0, 0.1) is 0 Å². The molecule has 0 spiro atoms. The van der Waals surface area contributed by atoms with Crippen molar-refractivity contribution in [3.63, 3.8) is 0 Å². The number of ketones is 1. The van der Waals surface area contributed by atoms with E-state index in [2.05, 4.69) is 15.7 Å². The summed E-state index contributed by atoms with van der Waals surface area (Å²) in [5, 5.41) is 11.3. The van der Waals surface area contributed by atoms with Gasteiger partial charge in [0.2, 0.25) is 0 Å². The van der Waals surface area contributed by atoms with Crippen LogP contribution in [0.4, 0.5) is 11.5 Å². The van der Waals surface area contributed by atoms with Gasteiger partial charge in [0.1, 0.15) is 17.4 Å². The average molecular weight is 479 g/mol. The second-order valence-electron chi connectivity index (χ2n) is 8.12. The fraction of sp³-hybridized carbons (Fsp3) is 0.240. The molecular formula is C25H23ClN4O4. The molecule has 5 rings (SSSR count). The van der Waals surface area contributed by atoms with Gasteiger partial charge < -0.3 is 20.1 Å². The van der Waals surface area contributed by atoms with E-state index in [1.54, 1.807) is 49.2 Å². The van der Waals surface area contributed by atoms with Crippen molar-refractivity contribution in [2.75, 3.05) is 24.9 Å². The summed E-state index contributed by atoms with van der Waals surface area (Å²) in [6, 6.07) is 11.9. The van der Waals surface area contributed by atoms with Crippen molar-refractivity contribution in [2.24, 2.45) is 0 Å². The summed E-state index contributed by atoms with van der Waals surface area (Å²) in [5.74, 6) is 1.45. The van der Waals surface area contributed by atoms with Crippen molar-refractivity contribution >= 4 is 34.8 Å². The number of nitrogens with zero attached hydrogens (tertiary/aromatic N) is 2. The Morgan fingerprint density at radius 1 is 1.12 bits per heavy atom. The van der Waals surface area contributed by atoms with Gasteiger partial charge >= 0.3 is 0 Å². The third kappa shape index (κ3) is 3.80. The van der Waals surface area contributed by atoms with Crippen LogP contribution in [-0.4, -0.2) is 35.7 Å². The monoisotopic (exact) mass is 478 g/mol. The maximum Gasteiger partial charge on any atom is 0.261 e. The summed E-state index contributed by atoms with van der Waals surface area (Å²) in [6.07, 6.45) is 3.47. The predicted molar refractivity (Wildman–Crippen MR) is 129 cm³/mol. The number of hydrogen-bond acceptors (Lipinski definition) is 6. The number of allylic oxidation sites excluding steroid dienone is 2. The molecule has 0 fully saturated rings. The smallest absolute Gasteiger partial charge is 0.261 e. The van der Waals surface area contributed by atoms with Gasteiger partial charge in [-0.1, -0.05) is 17.7 Å². The first kappa shape index (κ1) is 22.0. The van der Waals surface area contributed by atoms with Crippen LogP contribution in [0.5, 0.6) is 11.5 Å². The van der Waals surface area contributed by atoms with Crippen molar-refractivity contribution < 1.29 is 19.1 Å². The maximum atomic E-state index is 13.1. The predicted octanol–water partition coefficient (Wildman–Crippen LogP) is 4.83. The van der Waals surface area contributed by atoms with Crippen LogP contribution in [-0.2, 0) is 4.79 Å². The van der Waals surface area contributed by atoms with Crippen molar-refractivity contribution in [3.8, 4) is 11.5 Å². The third-order valence-electron chi connectivity index (χ3n) is 6.11. The molecule has 1 aliphatic heterocycles. The number of benzene rings is 2. The Hall–Kier alpha value is -3.78. The van der Waals surface area contributed by atoms with Crippen LogP contribution >= 0.6 is 11.6 Å². The van der Waals surface area contributed by atoms with Gasteiger partial charge in [0, 0.05) is 28.4 Å². The van der Waals surface area contributed by atoms with E-state index >= 15 is 0 Å². The van der Waals surface area contributed by atoms with Crippen LogP contribution in [0.2, 0.25) is 5.02 Å². The van der Waals surface area contributed by atoms with E-state index in [-0.39, 0.29) is 11.7 Å². The molecule has 0 saturated carbocycles. The second-order valence-corrected chi connectivity index (χ2v) is 8.56. The number of aromatic nitrogens is 2. The van der Waals surface area contributed by atoms with Gasteiger partial charge in [-0.25, -0.2) is 4.68 Å². The molecule has 8 nitrogen and oxygen atoms in total. The molecule has 9 heteroatoms. The number of anilines is 2. The molecule has 1 aromatic heterocycles. The van der Waals surface area contributed by atoms with Gasteiger partial charge in [0.25, 0.3) is 5.91 Å². The zero-order valence-corrected chi connectivity index (χ0v) is 19.5. The molecule has 0 radical (unpaired) electrons. The number of nitrogens with one attached hydrogen (secondary N) is 2. The highest BCUT2D eigenvalue weighted by Crippen LogP contribution is 2.43.